The molecule has 0 aromatic heterocycles. The van der Waals surface area contributed by atoms with Crippen molar-refractivity contribution in [3.05, 3.63) is 99.5 Å². The highest BCUT2D eigenvalue weighted by Crippen LogP contribution is 2.42. The Balaban J connectivity index is 1.15. The molecule has 0 amide bonds. The van der Waals surface area contributed by atoms with Crippen molar-refractivity contribution in [2.45, 2.75) is 69.8 Å². The molecule has 1 heterocycles. The molecule has 4 rings (SSSR count). The van der Waals surface area contributed by atoms with Gasteiger partial charge in [0.2, 0.25) is 0 Å². The molecule has 3 aromatic rings. The van der Waals surface area contributed by atoms with E-state index in [-0.39, 0.29) is 6.10 Å². The molecular weight excluding hydrogens is 545 g/mol. The molecule has 1 aliphatic rings. The molecule has 7 heteroatoms. The van der Waals surface area contributed by atoms with E-state index in [2.05, 4.69) is 22.0 Å². The highest BCUT2D eigenvalue weighted by molar-refractivity contribution is 9.10. The fourth-order valence-corrected chi connectivity index (χ4v) is 4.88. The number of carbonyl (C=O) groups is 1. The van der Waals surface area contributed by atoms with Crippen LogP contribution in [0.3, 0.4) is 0 Å². The number of hydrogen-bond donors (Lipinski definition) is 0. The first-order valence-electron chi connectivity index (χ1n) is 12.7. The van der Waals surface area contributed by atoms with Crippen LogP contribution in [0.1, 0.15) is 66.9 Å². The minimum atomic E-state index is -4.29. The van der Waals surface area contributed by atoms with Crippen LogP contribution in [0, 0.1) is 0 Å². The lowest BCUT2D eigenvalue weighted by molar-refractivity contribution is -0.138. The first-order valence-corrected chi connectivity index (χ1v) is 13.5. The fraction of sp³-hybridized carbons (Fsp3) is 0.367. The van der Waals surface area contributed by atoms with Crippen molar-refractivity contribution < 1.29 is 27.4 Å². The average Bonchev–Trinajstić information content (AvgIpc) is 3.68. The van der Waals surface area contributed by atoms with Crippen LogP contribution in [0.15, 0.2) is 77.3 Å². The monoisotopic (exact) mass is 574 g/mol. The first kappa shape index (κ1) is 27.4. The van der Waals surface area contributed by atoms with Crippen LogP contribution in [0.5, 0.6) is 5.75 Å². The Morgan fingerprint density at radius 2 is 1.51 bits per heavy atom. The molecule has 196 valence electrons. The Kier molecular flexibility index (Phi) is 9.43. The Hall–Kier alpha value is -2.64. The van der Waals surface area contributed by atoms with Crippen molar-refractivity contribution in [3.63, 3.8) is 0 Å². The zero-order valence-corrected chi connectivity index (χ0v) is 22.1. The van der Waals surface area contributed by atoms with Gasteiger partial charge in [0.1, 0.15) is 11.9 Å². The Morgan fingerprint density at radius 3 is 2.27 bits per heavy atom. The van der Waals surface area contributed by atoms with Gasteiger partial charge < -0.3 is 9.47 Å². The van der Waals surface area contributed by atoms with Gasteiger partial charge in [-0.3, -0.25) is 0 Å². The molecule has 1 saturated heterocycles. The second kappa shape index (κ2) is 12.7. The number of halogens is 4. The van der Waals surface area contributed by atoms with E-state index in [4.69, 9.17) is 9.47 Å². The largest absolute Gasteiger partial charge is 0.423 e. The predicted octanol–water partition coefficient (Wildman–Crippen LogP) is 8.64. The van der Waals surface area contributed by atoms with E-state index in [1.54, 1.807) is 12.1 Å². The Labute approximate surface area is 224 Å². The second-order valence-corrected chi connectivity index (χ2v) is 10.2. The molecule has 0 bridgehead atoms. The molecule has 3 nitrogen and oxygen atoms in total. The quantitative estimate of drug-likeness (QED) is 0.0940. The average molecular weight is 575 g/mol. The topological polar surface area (TPSA) is 38.8 Å². The molecular formula is C30H30BrF3O3. The summed E-state index contributed by atoms with van der Waals surface area (Å²) in [6.45, 7) is 0. The number of unbranched alkanes of at least 4 members (excludes halogenated alkanes) is 5. The van der Waals surface area contributed by atoms with Crippen molar-refractivity contribution in [2.75, 3.05) is 0 Å². The molecule has 0 radical (unpaired) electrons. The number of para-hydroxylation sites is 1. The molecule has 1 fully saturated rings. The first-order chi connectivity index (χ1) is 17.8. The van der Waals surface area contributed by atoms with Gasteiger partial charge in [0.05, 0.1) is 10.0 Å². The summed E-state index contributed by atoms with van der Waals surface area (Å²) in [6, 6.07) is 20.9. The maximum atomic E-state index is 12.8. The van der Waals surface area contributed by atoms with Crippen molar-refractivity contribution in [3.8, 4) is 5.75 Å². The summed E-state index contributed by atoms with van der Waals surface area (Å²) in [6.07, 6.45) is 2.58. The van der Waals surface area contributed by atoms with Crippen LogP contribution in [-0.2, 0) is 28.5 Å². The van der Waals surface area contributed by atoms with Crippen molar-refractivity contribution >= 4 is 21.9 Å². The summed E-state index contributed by atoms with van der Waals surface area (Å²) >= 11 is 3.39. The SMILES string of the molecule is O=C(Oc1ccccc1Br)[C@@H]1O[C@@H]1c1ccccc1CCCCCCCCc1cccc(C(F)(F)F)c1. The highest BCUT2D eigenvalue weighted by atomic mass is 79.9. The van der Waals surface area contributed by atoms with E-state index in [1.165, 1.54) is 17.7 Å². The van der Waals surface area contributed by atoms with E-state index in [9.17, 15) is 18.0 Å². The third kappa shape index (κ3) is 7.92. The maximum absolute atomic E-state index is 12.8. The molecule has 0 unspecified atom stereocenters. The van der Waals surface area contributed by atoms with Gasteiger partial charge in [0, 0.05) is 0 Å². The third-order valence-electron chi connectivity index (χ3n) is 6.55. The summed E-state index contributed by atoms with van der Waals surface area (Å²) in [7, 11) is 0. The lowest BCUT2D eigenvalue weighted by atomic mass is 9.97. The molecule has 0 saturated carbocycles. The molecule has 3 aromatic carbocycles. The van der Waals surface area contributed by atoms with Crippen LogP contribution in [0.4, 0.5) is 13.2 Å². The minimum absolute atomic E-state index is 0.276. The van der Waals surface area contributed by atoms with E-state index < -0.39 is 23.8 Å². The lowest BCUT2D eigenvalue weighted by Gasteiger charge is -2.09. The van der Waals surface area contributed by atoms with Crippen molar-refractivity contribution in [1.29, 1.82) is 0 Å². The lowest BCUT2D eigenvalue weighted by Crippen LogP contribution is -2.16. The Morgan fingerprint density at radius 1 is 0.838 bits per heavy atom. The van der Waals surface area contributed by atoms with Gasteiger partial charge in [0.25, 0.3) is 0 Å². The van der Waals surface area contributed by atoms with Gasteiger partial charge in [-0.15, -0.1) is 0 Å². The summed E-state index contributed by atoms with van der Waals surface area (Å²) in [5.41, 5.74) is 2.40. The van der Waals surface area contributed by atoms with Gasteiger partial charge in [-0.2, -0.15) is 13.2 Å². The van der Waals surface area contributed by atoms with Crippen molar-refractivity contribution in [1.82, 2.24) is 0 Å². The van der Waals surface area contributed by atoms with Gasteiger partial charge in [-0.1, -0.05) is 80.3 Å². The number of ether oxygens (including phenoxy) is 2. The smallest absolute Gasteiger partial charge is 0.416 e. The second-order valence-electron chi connectivity index (χ2n) is 9.35. The number of benzene rings is 3. The summed E-state index contributed by atoms with van der Waals surface area (Å²) < 4.78 is 50.4. The molecule has 2 atom stereocenters. The zero-order valence-electron chi connectivity index (χ0n) is 20.5. The van der Waals surface area contributed by atoms with Crippen LogP contribution >= 0.6 is 15.9 Å². The van der Waals surface area contributed by atoms with Gasteiger partial charge in [-0.25, -0.2) is 4.79 Å². The summed E-state index contributed by atoms with van der Waals surface area (Å²) in [5, 5.41) is 0. The van der Waals surface area contributed by atoms with Crippen LogP contribution in [-0.4, -0.2) is 12.1 Å². The summed E-state index contributed by atoms with van der Waals surface area (Å²) in [4.78, 5) is 12.5. The van der Waals surface area contributed by atoms with E-state index in [0.717, 1.165) is 66.6 Å². The van der Waals surface area contributed by atoms with Crippen molar-refractivity contribution in [2.24, 2.45) is 0 Å². The summed E-state index contributed by atoms with van der Waals surface area (Å²) in [5.74, 6) is 0.0849. The predicted molar refractivity (Wildman–Crippen MR) is 140 cm³/mol. The number of carbonyl (C=O) groups excluding carboxylic acids is 1. The number of rotatable bonds is 12. The molecule has 1 aliphatic heterocycles. The fourth-order valence-electron chi connectivity index (χ4n) is 4.52. The number of aryl methyl sites for hydroxylation is 2. The molecule has 0 N–H and O–H groups in total. The number of hydrogen-bond acceptors (Lipinski definition) is 3. The molecule has 37 heavy (non-hydrogen) atoms. The number of alkyl halides is 3. The third-order valence-corrected chi connectivity index (χ3v) is 7.20. The van der Waals surface area contributed by atoms with Crippen LogP contribution < -0.4 is 4.74 Å². The van der Waals surface area contributed by atoms with E-state index in [0.29, 0.717) is 12.2 Å². The van der Waals surface area contributed by atoms with Gasteiger partial charge in [-0.05, 0) is 76.5 Å². The zero-order chi connectivity index (χ0) is 26.3. The van der Waals surface area contributed by atoms with E-state index >= 15 is 0 Å². The number of esters is 1. The maximum Gasteiger partial charge on any atom is 0.416 e. The van der Waals surface area contributed by atoms with Crippen LogP contribution in [0.25, 0.3) is 0 Å². The normalized spacial score (nSPS) is 17.0. The molecule has 0 spiro atoms. The highest BCUT2D eigenvalue weighted by Gasteiger charge is 2.48. The van der Waals surface area contributed by atoms with Crippen LogP contribution in [0.2, 0.25) is 0 Å². The van der Waals surface area contributed by atoms with Gasteiger partial charge in [0.15, 0.2) is 6.10 Å². The van der Waals surface area contributed by atoms with E-state index in [1.807, 2.05) is 36.4 Å². The standard InChI is InChI=1S/C30H30BrF3O3/c31-25-18-9-10-19-26(25)36-29(35)28-27(37-28)24-17-8-7-15-22(24)14-6-4-2-1-3-5-12-21-13-11-16-23(20-21)30(32,33)34/h7-11,13,15-20,27-28H,1-6,12,14H2/t27-,28-/m1/s1. The number of epoxide rings is 1. The Bertz CT molecular complexity index is 1190. The van der Waals surface area contributed by atoms with Gasteiger partial charge >= 0.3 is 12.1 Å². The minimum Gasteiger partial charge on any atom is -0.423 e. The molecule has 0 aliphatic carbocycles.